The highest BCUT2D eigenvalue weighted by atomic mass is 16.5. The van der Waals surface area contributed by atoms with E-state index in [1.165, 1.54) is 12.8 Å². The fourth-order valence-electron chi connectivity index (χ4n) is 1.45. The summed E-state index contributed by atoms with van der Waals surface area (Å²) in [4.78, 5) is 0. The van der Waals surface area contributed by atoms with Gasteiger partial charge in [-0.15, -0.1) is 0 Å². The van der Waals surface area contributed by atoms with Crippen molar-refractivity contribution in [2.24, 2.45) is 0 Å². The predicted octanol–water partition coefficient (Wildman–Crippen LogP) is 0.760. The van der Waals surface area contributed by atoms with Gasteiger partial charge in [0.25, 0.3) is 0 Å². The minimum atomic E-state index is -0.486. The molecule has 0 bridgehead atoms. The summed E-state index contributed by atoms with van der Waals surface area (Å²) in [5, 5.41) is 12.9. The monoisotopic (exact) mass is 222 g/mol. The quantitative estimate of drug-likeness (QED) is 0.622. The minimum absolute atomic E-state index is 0.272. The summed E-state index contributed by atoms with van der Waals surface area (Å²) in [6, 6.07) is 7.91. The van der Waals surface area contributed by atoms with Crippen LogP contribution in [0.25, 0.3) is 0 Å². The minimum Gasteiger partial charge on any atom is -0.489 e. The first-order valence-electron chi connectivity index (χ1n) is 5.64. The van der Waals surface area contributed by atoms with Gasteiger partial charge in [-0.1, -0.05) is 12.1 Å². The Morgan fingerprint density at radius 3 is 2.88 bits per heavy atom. The summed E-state index contributed by atoms with van der Waals surface area (Å²) < 4.78 is 5.44. The lowest BCUT2D eigenvalue weighted by Crippen LogP contribution is -2.32. The number of benzene rings is 1. The van der Waals surface area contributed by atoms with Gasteiger partial charge in [-0.05, 0) is 25.0 Å². The molecule has 0 aromatic heterocycles. The number of nitrogens with two attached hydrogens (primary N) is 1. The van der Waals surface area contributed by atoms with Crippen molar-refractivity contribution in [3.63, 3.8) is 0 Å². The van der Waals surface area contributed by atoms with Gasteiger partial charge < -0.3 is 20.9 Å². The molecule has 1 aliphatic carbocycles. The molecule has 1 fully saturated rings. The van der Waals surface area contributed by atoms with Crippen LogP contribution in [0.1, 0.15) is 12.8 Å². The van der Waals surface area contributed by atoms with Crippen molar-refractivity contribution < 1.29 is 9.84 Å². The molecule has 1 saturated carbocycles. The van der Waals surface area contributed by atoms with Crippen molar-refractivity contribution >= 4 is 5.69 Å². The molecule has 0 radical (unpaired) electrons. The van der Waals surface area contributed by atoms with Crippen molar-refractivity contribution in [2.45, 2.75) is 25.0 Å². The molecular weight excluding hydrogens is 204 g/mol. The maximum atomic E-state index is 9.65. The summed E-state index contributed by atoms with van der Waals surface area (Å²) in [5.41, 5.74) is 6.32. The van der Waals surface area contributed by atoms with Gasteiger partial charge in [0.2, 0.25) is 0 Å². The van der Waals surface area contributed by atoms with E-state index < -0.39 is 6.10 Å². The van der Waals surface area contributed by atoms with Crippen LogP contribution in [0.15, 0.2) is 24.3 Å². The van der Waals surface area contributed by atoms with Crippen LogP contribution in [0.4, 0.5) is 5.69 Å². The van der Waals surface area contributed by atoms with E-state index in [0.29, 0.717) is 24.0 Å². The molecule has 4 heteroatoms. The van der Waals surface area contributed by atoms with Crippen LogP contribution >= 0.6 is 0 Å². The van der Waals surface area contributed by atoms with Gasteiger partial charge in [-0.3, -0.25) is 0 Å². The summed E-state index contributed by atoms with van der Waals surface area (Å²) in [6.07, 6.45) is 1.96. The van der Waals surface area contributed by atoms with Crippen LogP contribution in [-0.2, 0) is 0 Å². The zero-order chi connectivity index (χ0) is 11.4. The lowest BCUT2D eigenvalue weighted by molar-refractivity contribution is 0.106. The van der Waals surface area contributed by atoms with E-state index in [-0.39, 0.29) is 6.61 Å². The van der Waals surface area contributed by atoms with E-state index in [0.717, 1.165) is 0 Å². The number of hydrogen-bond donors (Lipinski definition) is 3. The van der Waals surface area contributed by atoms with Crippen LogP contribution < -0.4 is 15.8 Å². The zero-order valence-corrected chi connectivity index (χ0v) is 9.23. The standard InChI is InChI=1S/C12H18N2O2/c13-11-3-1-2-4-12(11)16-8-10(15)7-14-9-5-6-9/h1-4,9-10,14-15H,5-8,13H2. The maximum Gasteiger partial charge on any atom is 0.142 e. The molecule has 0 amide bonds. The smallest absolute Gasteiger partial charge is 0.142 e. The van der Waals surface area contributed by atoms with Crippen molar-refractivity contribution in [3.05, 3.63) is 24.3 Å². The van der Waals surface area contributed by atoms with Crippen LogP contribution in [0.2, 0.25) is 0 Å². The van der Waals surface area contributed by atoms with Gasteiger partial charge in [0.1, 0.15) is 18.5 Å². The molecule has 1 aromatic carbocycles. The number of ether oxygens (including phenoxy) is 1. The highest BCUT2D eigenvalue weighted by Crippen LogP contribution is 2.20. The average molecular weight is 222 g/mol. The number of rotatable bonds is 6. The van der Waals surface area contributed by atoms with Gasteiger partial charge in [0, 0.05) is 12.6 Å². The normalized spacial score (nSPS) is 17.1. The van der Waals surface area contributed by atoms with E-state index in [2.05, 4.69) is 5.32 Å². The number of aliphatic hydroxyl groups excluding tert-OH is 1. The molecule has 0 heterocycles. The largest absolute Gasteiger partial charge is 0.489 e. The van der Waals surface area contributed by atoms with E-state index >= 15 is 0 Å². The highest BCUT2D eigenvalue weighted by molar-refractivity contribution is 5.51. The fourth-order valence-corrected chi connectivity index (χ4v) is 1.45. The molecule has 1 atom stereocenters. The highest BCUT2D eigenvalue weighted by Gasteiger charge is 2.21. The number of anilines is 1. The number of nitrogens with one attached hydrogen (secondary N) is 1. The molecule has 16 heavy (non-hydrogen) atoms. The van der Waals surface area contributed by atoms with Crippen molar-refractivity contribution in [2.75, 3.05) is 18.9 Å². The molecule has 1 aliphatic rings. The second-order valence-electron chi connectivity index (χ2n) is 4.19. The Morgan fingerprint density at radius 1 is 1.44 bits per heavy atom. The number of nitrogen functional groups attached to an aromatic ring is 1. The number of para-hydroxylation sites is 2. The Morgan fingerprint density at radius 2 is 2.19 bits per heavy atom. The second-order valence-corrected chi connectivity index (χ2v) is 4.19. The summed E-state index contributed by atoms with van der Waals surface area (Å²) >= 11 is 0. The average Bonchev–Trinajstić information content (AvgIpc) is 3.09. The van der Waals surface area contributed by atoms with Crippen LogP contribution in [0, 0.1) is 0 Å². The Bertz CT molecular complexity index is 340. The topological polar surface area (TPSA) is 67.5 Å². The SMILES string of the molecule is Nc1ccccc1OCC(O)CNC1CC1. The summed E-state index contributed by atoms with van der Waals surface area (Å²) in [5.74, 6) is 0.632. The van der Waals surface area contributed by atoms with E-state index in [9.17, 15) is 5.11 Å². The Balaban J connectivity index is 1.71. The fraction of sp³-hybridized carbons (Fsp3) is 0.500. The number of aliphatic hydroxyl groups is 1. The number of hydrogen-bond acceptors (Lipinski definition) is 4. The first-order chi connectivity index (χ1) is 7.75. The van der Waals surface area contributed by atoms with Gasteiger partial charge in [0.05, 0.1) is 5.69 Å². The van der Waals surface area contributed by atoms with Crippen LogP contribution in [0.5, 0.6) is 5.75 Å². The molecule has 4 nitrogen and oxygen atoms in total. The lowest BCUT2D eigenvalue weighted by atomic mass is 10.3. The Labute approximate surface area is 95.4 Å². The van der Waals surface area contributed by atoms with Gasteiger partial charge in [-0.25, -0.2) is 0 Å². The Hall–Kier alpha value is -1.26. The van der Waals surface area contributed by atoms with Crippen molar-refractivity contribution in [1.29, 1.82) is 0 Å². The molecule has 1 unspecified atom stereocenters. The third-order valence-corrected chi connectivity index (χ3v) is 2.57. The molecular formula is C12H18N2O2. The van der Waals surface area contributed by atoms with Gasteiger partial charge in [0.15, 0.2) is 0 Å². The molecule has 2 rings (SSSR count). The van der Waals surface area contributed by atoms with E-state index in [1.54, 1.807) is 12.1 Å². The molecule has 0 saturated heterocycles. The predicted molar refractivity (Wildman–Crippen MR) is 63.4 cm³/mol. The first-order valence-corrected chi connectivity index (χ1v) is 5.64. The second kappa shape index (κ2) is 5.18. The van der Waals surface area contributed by atoms with Crippen LogP contribution in [0.3, 0.4) is 0 Å². The third-order valence-electron chi connectivity index (χ3n) is 2.57. The van der Waals surface area contributed by atoms with E-state index in [1.807, 2.05) is 12.1 Å². The Kier molecular flexibility index (Phi) is 3.64. The molecule has 0 aliphatic heterocycles. The maximum absolute atomic E-state index is 9.65. The zero-order valence-electron chi connectivity index (χ0n) is 9.23. The van der Waals surface area contributed by atoms with Crippen LogP contribution in [-0.4, -0.2) is 30.4 Å². The van der Waals surface area contributed by atoms with E-state index in [4.69, 9.17) is 10.5 Å². The molecule has 0 spiro atoms. The lowest BCUT2D eigenvalue weighted by Gasteiger charge is -2.13. The van der Waals surface area contributed by atoms with Crippen molar-refractivity contribution in [1.82, 2.24) is 5.32 Å². The molecule has 88 valence electrons. The third kappa shape index (κ3) is 3.40. The summed E-state index contributed by atoms with van der Waals surface area (Å²) in [7, 11) is 0. The van der Waals surface area contributed by atoms with Gasteiger partial charge in [-0.2, -0.15) is 0 Å². The van der Waals surface area contributed by atoms with Gasteiger partial charge >= 0.3 is 0 Å². The first kappa shape index (κ1) is 11.2. The molecule has 1 aromatic rings. The van der Waals surface area contributed by atoms with Crippen molar-refractivity contribution in [3.8, 4) is 5.75 Å². The summed E-state index contributed by atoms with van der Waals surface area (Å²) in [6.45, 7) is 0.853. The molecule has 4 N–H and O–H groups in total.